The molecule has 2 saturated heterocycles. The van der Waals surface area contributed by atoms with Crippen LogP contribution in [-0.2, 0) is 19.4 Å². The van der Waals surface area contributed by atoms with Crippen molar-refractivity contribution < 1.29 is 18.0 Å². The Morgan fingerprint density at radius 3 is 2.10 bits per heavy atom. The maximum absolute atomic E-state index is 13.5. The van der Waals surface area contributed by atoms with Crippen molar-refractivity contribution in [1.29, 1.82) is 0 Å². The molecule has 0 bridgehead atoms. The lowest BCUT2D eigenvalue weighted by molar-refractivity contribution is -0.140. The van der Waals surface area contributed by atoms with Crippen LogP contribution >= 0.6 is 0 Å². The number of nitrogens with one attached hydrogen (secondary N) is 1. The molecule has 0 aliphatic carbocycles. The van der Waals surface area contributed by atoms with E-state index in [2.05, 4.69) is 19.2 Å². The van der Waals surface area contributed by atoms with E-state index >= 15 is 0 Å². The van der Waals surface area contributed by atoms with E-state index in [0.29, 0.717) is 44.9 Å². The summed E-state index contributed by atoms with van der Waals surface area (Å²) in [6.07, 6.45) is 1.30. The average Bonchev–Trinajstić information content (AvgIpc) is 2.75. The first-order chi connectivity index (χ1) is 14.7. The first-order valence-corrected chi connectivity index (χ1v) is 13.1. The van der Waals surface area contributed by atoms with Crippen molar-refractivity contribution in [2.75, 3.05) is 37.7 Å². The topological polar surface area (TPSA) is 86.8 Å². The predicted octanol–water partition coefficient (Wildman–Crippen LogP) is 1.86. The van der Waals surface area contributed by atoms with Gasteiger partial charge in [-0.05, 0) is 31.2 Å². The third kappa shape index (κ3) is 6.07. The zero-order chi connectivity index (χ0) is 22.6. The molecule has 0 radical (unpaired) electrons. The Kier molecular flexibility index (Phi) is 7.75. The Morgan fingerprint density at radius 2 is 1.55 bits per heavy atom. The smallest absolute Gasteiger partial charge is 0.244 e. The zero-order valence-electron chi connectivity index (χ0n) is 18.8. The molecule has 7 nitrogen and oxygen atoms in total. The molecular formula is C23H35N3O4S. The molecule has 1 aromatic rings. The number of carbonyl (C=O) groups excluding carboxylic acids is 2. The minimum absolute atomic E-state index is 0.0000883. The second-order valence-electron chi connectivity index (χ2n) is 9.14. The molecule has 172 valence electrons. The first kappa shape index (κ1) is 23.7. The fourth-order valence-corrected chi connectivity index (χ4v) is 5.40. The van der Waals surface area contributed by atoms with Gasteiger partial charge in [0.25, 0.3) is 0 Å². The van der Waals surface area contributed by atoms with Gasteiger partial charge in [0, 0.05) is 38.1 Å². The van der Waals surface area contributed by atoms with Crippen molar-refractivity contribution in [2.45, 2.75) is 45.7 Å². The fourth-order valence-electron chi connectivity index (χ4n) is 4.17. The monoisotopic (exact) mass is 449 g/mol. The molecule has 1 N–H and O–H groups in total. The highest BCUT2D eigenvalue weighted by atomic mass is 32.2. The third-order valence-electron chi connectivity index (χ3n) is 6.64. The second-order valence-corrected chi connectivity index (χ2v) is 11.4. The van der Waals surface area contributed by atoms with Crippen molar-refractivity contribution >= 4 is 21.7 Å². The van der Waals surface area contributed by atoms with Gasteiger partial charge in [0.15, 0.2) is 9.84 Å². The van der Waals surface area contributed by atoms with Crippen LogP contribution in [0.2, 0.25) is 0 Å². The molecule has 0 aromatic heterocycles. The quantitative estimate of drug-likeness (QED) is 0.716. The molecule has 1 aromatic carbocycles. The summed E-state index contributed by atoms with van der Waals surface area (Å²) in [5.74, 6) is 0.556. The van der Waals surface area contributed by atoms with E-state index in [9.17, 15) is 18.0 Å². The Morgan fingerprint density at radius 1 is 0.968 bits per heavy atom. The molecule has 2 amide bonds. The Hall–Kier alpha value is -1.93. The van der Waals surface area contributed by atoms with Gasteiger partial charge in [0.2, 0.25) is 11.8 Å². The fraction of sp³-hybridized carbons (Fsp3) is 0.652. The van der Waals surface area contributed by atoms with Crippen molar-refractivity contribution in [3.05, 3.63) is 35.9 Å². The van der Waals surface area contributed by atoms with Crippen LogP contribution in [0.1, 0.15) is 45.2 Å². The zero-order valence-corrected chi connectivity index (χ0v) is 19.6. The number of carbonyl (C=O) groups is 2. The van der Waals surface area contributed by atoms with Crippen molar-refractivity contribution in [2.24, 2.45) is 11.8 Å². The minimum atomic E-state index is -3.03. The molecule has 2 aliphatic heterocycles. The summed E-state index contributed by atoms with van der Waals surface area (Å²) < 4.78 is 23.8. The van der Waals surface area contributed by atoms with Gasteiger partial charge in [-0.15, -0.1) is 0 Å². The number of piperidine rings is 1. The number of sulfone groups is 1. The Bertz CT molecular complexity index is 850. The molecular weight excluding hydrogens is 414 g/mol. The second kappa shape index (κ2) is 10.1. The Labute approximate surface area is 186 Å². The molecule has 0 spiro atoms. The highest BCUT2D eigenvalue weighted by molar-refractivity contribution is 7.91. The van der Waals surface area contributed by atoms with Crippen LogP contribution in [0.15, 0.2) is 30.3 Å². The highest BCUT2D eigenvalue weighted by Crippen LogP contribution is 2.28. The van der Waals surface area contributed by atoms with Gasteiger partial charge < -0.3 is 10.2 Å². The van der Waals surface area contributed by atoms with Gasteiger partial charge in [0.1, 0.15) is 6.04 Å². The molecule has 0 saturated carbocycles. The number of amides is 2. The van der Waals surface area contributed by atoms with E-state index in [-0.39, 0.29) is 35.3 Å². The lowest BCUT2D eigenvalue weighted by Crippen LogP contribution is -2.51. The van der Waals surface area contributed by atoms with Crippen LogP contribution in [0.5, 0.6) is 0 Å². The Balaban J connectivity index is 1.66. The maximum atomic E-state index is 13.5. The molecule has 2 atom stereocenters. The van der Waals surface area contributed by atoms with Crippen LogP contribution in [0.4, 0.5) is 0 Å². The number of benzene rings is 1. The normalized spacial score (nSPS) is 22.1. The van der Waals surface area contributed by atoms with Crippen molar-refractivity contribution in [3.8, 4) is 0 Å². The summed E-state index contributed by atoms with van der Waals surface area (Å²) in [5.41, 5.74) is 0.887. The summed E-state index contributed by atoms with van der Waals surface area (Å²) >= 11 is 0. The number of hydrogen-bond acceptors (Lipinski definition) is 5. The molecule has 31 heavy (non-hydrogen) atoms. The van der Waals surface area contributed by atoms with Gasteiger partial charge in [-0.1, -0.05) is 44.2 Å². The van der Waals surface area contributed by atoms with Gasteiger partial charge in [0.05, 0.1) is 11.5 Å². The van der Waals surface area contributed by atoms with E-state index in [1.807, 2.05) is 47.1 Å². The molecule has 3 rings (SSSR count). The average molecular weight is 450 g/mol. The first-order valence-electron chi connectivity index (χ1n) is 11.3. The van der Waals surface area contributed by atoms with Crippen LogP contribution in [0.25, 0.3) is 0 Å². The van der Waals surface area contributed by atoms with Crippen LogP contribution in [-0.4, -0.2) is 73.8 Å². The van der Waals surface area contributed by atoms with E-state index in [1.54, 1.807) is 0 Å². The largest absolute Gasteiger partial charge is 0.353 e. The number of likely N-dealkylation sites (tertiary alicyclic amines) is 1. The van der Waals surface area contributed by atoms with E-state index in [4.69, 9.17) is 0 Å². The minimum Gasteiger partial charge on any atom is -0.353 e. The van der Waals surface area contributed by atoms with E-state index in [0.717, 1.165) is 5.56 Å². The predicted molar refractivity (Wildman–Crippen MR) is 121 cm³/mol. The van der Waals surface area contributed by atoms with E-state index in [1.165, 1.54) is 0 Å². The number of hydrogen-bond donors (Lipinski definition) is 1. The van der Waals surface area contributed by atoms with Crippen molar-refractivity contribution in [1.82, 2.24) is 15.1 Å². The molecule has 2 heterocycles. The summed E-state index contributed by atoms with van der Waals surface area (Å²) in [7, 11) is -3.03. The van der Waals surface area contributed by atoms with E-state index < -0.39 is 15.9 Å². The van der Waals surface area contributed by atoms with Gasteiger partial charge in [-0.25, -0.2) is 8.42 Å². The standard InChI is InChI=1S/C23H35N3O4S/c1-17(2)18(3)24-22(27)20-9-11-26(12-10-20)23(28)21(19-7-5-4-6-8-19)25-13-15-31(29,30)16-14-25/h4-8,17-18,20-21H,9-16H2,1-3H3,(H,24,27). The molecule has 2 fully saturated rings. The maximum Gasteiger partial charge on any atom is 0.244 e. The molecule has 2 unspecified atom stereocenters. The SMILES string of the molecule is CC(C)C(C)NC(=O)C1CCN(C(=O)C(c2ccccc2)N2CCS(=O)(=O)CC2)CC1. The third-order valence-corrected chi connectivity index (χ3v) is 8.25. The highest BCUT2D eigenvalue weighted by Gasteiger charge is 2.37. The van der Waals surface area contributed by atoms with Gasteiger partial charge >= 0.3 is 0 Å². The number of nitrogens with zero attached hydrogens (tertiary/aromatic N) is 2. The molecule has 2 aliphatic rings. The van der Waals surface area contributed by atoms with Gasteiger partial charge in [-0.2, -0.15) is 0 Å². The van der Waals surface area contributed by atoms with Crippen LogP contribution < -0.4 is 5.32 Å². The summed E-state index contributed by atoms with van der Waals surface area (Å²) in [6.45, 7) is 8.00. The molecule has 8 heteroatoms. The van der Waals surface area contributed by atoms with Gasteiger partial charge in [-0.3, -0.25) is 14.5 Å². The number of rotatable bonds is 6. The van der Waals surface area contributed by atoms with Crippen LogP contribution in [0, 0.1) is 11.8 Å². The summed E-state index contributed by atoms with van der Waals surface area (Å²) in [4.78, 5) is 29.9. The summed E-state index contributed by atoms with van der Waals surface area (Å²) in [5, 5.41) is 3.09. The lowest BCUT2D eigenvalue weighted by atomic mass is 9.93. The lowest BCUT2D eigenvalue weighted by Gasteiger charge is -2.39. The summed E-state index contributed by atoms with van der Waals surface area (Å²) in [6, 6.07) is 9.23. The van der Waals surface area contributed by atoms with Crippen molar-refractivity contribution in [3.63, 3.8) is 0 Å². The van der Waals surface area contributed by atoms with Crippen LogP contribution in [0.3, 0.4) is 0 Å².